The van der Waals surface area contributed by atoms with Crippen LogP contribution >= 0.6 is 0 Å². The number of rotatable bonds is 5. The maximum atomic E-state index is 11.9. The number of nitrogens with zero attached hydrogens (tertiary/aromatic N) is 1. The van der Waals surface area contributed by atoms with Crippen LogP contribution in [0.1, 0.15) is 32.4 Å². The molecule has 1 aromatic rings. The van der Waals surface area contributed by atoms with Gasteiger partial charge in [-0.1, -0.05) is 18.2 Å². The number of hydrogen-bond donors (Lipinski definition) is 1. The van der Waals surface area contributed by atoms with Gasteiger partial charge >= 0.3 is 0 Å². The normalized spacial score (nSPS) is 12.5. The average molecular weight is 251 g/mol. The van der Waals surface area contributed by atoms with E-state index in [1.807, 2.05) is 32.9 Å². The molecule has 0 heterocycles. The number of phenolic OH excluding ortho intramolecular Hbond substituents is 1. The first-order chi connectivity index (χ1) is 8.43. The summed E-state index contributed by atoms with van der Waals surface area (Å²) in [5.74, 6) is 0.105. The molecule has 1 N–H and O–H groups in total. The van der Waals surface area contributed by atoms with Crippen molar-refractivity contribution in [2.75, 3.05) is 13.7 Å². The highest BCUT2D eigenvalue weighted by Gasteiger charge is 2.19. The third-order valence-electron chi connectivity index (χ3n) is 2.90. The third kappa shape index (κ3) is 3.74. The molecular weight excluding hydrogens is 230 g/mol. The molecule has 0 spiro atoms. The van der Waals surface area contributed by atoms with E-state index in [1.165, 1.54) is 0 Å². The number of aromatic hydroxyl groups is 1. The van der Waals surface area contributed by atoms with E-state index in [1.54, 1.807) is 24.1 Å². The molecule has 4 nitrogen and oxygen atoms in total. The maximum Gasteiger partial charge on any atom is 0.248 e. The number of amides is 1. The summed E-state index contributed by atoms with van der Waals surface area (Å²) in [6.45, 7) is 5.72. The Morgan fingerprint density at radius 3 is 2.50 bits per heavy atom. The van der Waals surface area contributed by atoms with Crippen LogP contribution in [0, 0.1) is 0 Å². The number of carbonyl (C=O) groups is 1. The fraction of sp³-hybridized carbons (Fsp3) is 0.500. The summed E-state index contributed by atoms with van der Waals surface area (Å²) in [4.78, 5) is 13.5. The Labute approximate surface area is 108 Å². The average Bonchev–Trinajstić information content (AvgIpc) is 2.34. The molecular formula is C14H21NO3. The van der Waals surface area contributed by atoms with Crippen LogP contribution < -0.4 is 0 Å². The van der Waals surface area contributed by atoms with Gasteiger partial charge < -0.3 is 14.7 Å². The van der Waals surface area contributed by atoms with Crippen molar-refractivity contribution < 1.29 is 14.6 Å². The van der Waals surface area contributed by atoms with Gasteiger partial charge in [0.15, 0.2) is 0 Å². The number of likely N-dealkylation sites (N-methyl/N-ethyl adjacent to an activating group) is 1. The Kier molecular flexibility index (Phi) is 5.16. The second-order valence-electron chi connectivity index (χ2n) is 4.60. The monoisotopic (exact) mass is 251 g/mol. The first kappa shape index (κ1) is 14.5. The first-order valence-corrected chi connectivity index (χ1v) is 6.08. The third-order valence-corrected chi connectivity index (χ3v) is 2.90. The molecule has 1 unspecified atom stereocenters. The van der Waals surface area contributed by atoms with Gasteiger partial charge in [0.05, 0.1) is 12.1 Å². The van der Waals surface area contributed by atoms with Crippen LogP contribution in [0.5, 0.6) is 5.75 Å². The van der Waals surface area contributed by atoms with Crippen molar-refractivity contribution in [3.63, 3.8) is 0 Å². The smallest absolute Gasteiger partial charge is 0.248 e. The second kappa shape index (κ2) is 6.40. The predicted molar refractivity (Wildman–Crippen MR) is 70.4 cm³/mol. The van der Waals surface area contributed by atoms with Gasteiger partial charge in [-0.2, -0.15) is 0 Å². The van der Waals surface area contributed by atoms with Crippen LogP contribution in [-0.4, -0.2) is 35.7 Å². The van der Waals surface area contributed by atoms with Crippen molar-refractivity contribution >= 4 is 5.91 Å². The molecule has 0 radical (unpaired) electrons. The largest absolute Gasteiger partial charge is 0.508 e. The van der Waals surface area contributed by atoms with Crippen molar-refractivity contribution in [2.24, 2.45) is 0 Å². The van der Waals surface area contributed by atoms with Gasteiger partial charge in [0.25, 0.3) is 0 Å². The Morgan fingerprint density at radius 1 is 1.33 bits per heavy atom. The Bertz CT molecular complexity index is 404. The molecule has 0 saturated carbocycles. The fourth-order valence-electron chi connectivity index (χ4n) is 1.61. The molecule has 1 amide bonds. The van der Waals surface area contributed by atoms with Gasteiger partial charge in [-0.3, -0.25) is 4.79 Å². The summed E-state index contributed by atoms with van der Waals surface area (Å²) < 4.78 is 5.29. The molecule has 0 fully saturated rings. The number of benzene rings is 1. The van der Waals surface area contributed by atoms with Crippen LogP contribution in [0.2, 0.25) is 0 Å². The molecule has 1 atom stereocenters. The fourth-order valence-corrected chi connectivity index (χ4v) is 1.61. The highest BCUT2D eigenvalue weighted by molar-refractivity contribution is 5.77. The van der Waals surface area contributed by atoms with E-state index in [0.29, 0.717) is 0 Å². The summed E-state index contributed by atoms with van der Waals surface area (Å²) in [6, 6.07) is 6.85. The minimum Gasteiger partial charge on any atom is -0.508 e. The Morgan fingerprint density at radius 2 is 1.94 bits per heavy atom. The molecule has 4 heteroatoms. The van der Waals surface area contributed by atoms with Crippen LogP contribution in [0.25, 0.3) is 0 Å². The highest BCUT2D eigenvalue weighted by Crippen LogP contribution is 2.27. The molecule has 0 aliphatic heterocycles. The molecule has 0 saturated heterocycles. The maximum absolute atomic E-state index is 11.9. The lowest BCUT2D eigenvalue weighted by Gasteiger charge is -2.26. The van der Waals surface area contributed by atoms with E-state index < -0.39 is 0 Å². The number of phenols is 1. The zero-order valence-corrected chi connectivity index (χ0v) is 11.4. The van der Waals surface area contributed by atoms with Crippen molar-refractivity contribution in [3.8, 4) is 5.75 Å². The van der Waals surface area contributed by atoms with E-state index in [2.05, 4.69) is 0 Å². The summed E-state index contributed by atoms with van der Waals surface area (Å²) in [5.41, 5.74) is 0.734. The first-order valence-electron chi connectivity index (χ1n) is 6.08. The van der Waals surface area contributed by atoms with Gasteiger partial charge in [0.1, 0.15) is 12.4 Å². The molecule has 1 rings (SSSR count). The predicted octanol–water partition coefficient (Wildman–Crippen LogP) is 2.34. The van der Waals surface area contributed by atoms with E-state index in [4.69, 9.17) is 4.74 Å². The van der Waals surface area contributed by atoms with Crippen molar-refractivity contribution in [3.05, 3.63) is 29.8 Å². The van der Waals surface area contributed by atoms with Gasteiger partial charge in [-0.05, 0) is 26.8 Å². The van der Waals surface area contributed by atoms with E-state index in [0.717, 1.165) is 5.56 Å². The van der Waals surface area contributed by atoms with Crippen LogP contribution in [0.3, 0.4) is 0 Å². The lowest BCUT2D eigenvalue weighted by atomic mass is 10.1. The minimum atomic E-state index is -0.186. The van der Waals surface area contributed by atoms with Crippen LogP contribution in [-0.2, 0) is 9.53 Å². The molecule has 100 valence electrons. The lowest BCUT2D eigenvalue weighted by Crippen LogP contribution is -2.33. The van der Waals surface area contributed by atoms with Crippen molar-refractivity contribution in [1.82, 2.24) is 4.90 Å². The van der Waals surface area contributed by atoms with Crippen molar-refractivity contribution in [2.45, 2.75) is 32.9 Å². The van der Waals surface area contributed by atoms with Crippen molar-refractivity contribution in [1.29, 1.82) is 0 Å². The van der Waals surface area contributed by atoms with Crippen LogP contribution in [0.15, 0.2) is 24.3 Å². The lowest BCUT2D eigenvalue weighted by molar-refractivity contribution is -0.138. The molecule has 0 aromatic heterocycles. The minimum absolute atomic E-state index is 0.0304. The molecule has 0 bridgehead atoms. The second-order valence-corrected chi connectivity index (χ2v) is 4.60. The zero-order valence-electron chi connectivity index (χ0n) is 11.4. The summed E-state index contributed by atoms with van der Waals surface area (Å²) in [7, 11) is 1.71. The van der Waals surface area contributed by atoms with Gasteiger partial charge in [0.2, 0.25) is 5.91 Å². The molecule has 0 aliphatic rings. The highest BCUT2D eigenvalue weighted by atomic mass is 16.5. The Hall–Kier alpha value is -1.55. The SMILES string of the molecule is CC(C)OCC(=O)N(C)C(C)c1ccccc1O. The quantitative estimate of drug-likeness (QED) is 0.873. The zero-order chi connectivity index (χ0) is 13.7. The molecule has 1 aromatic carbocycles. The Balaban J connectivity index is 2.69. The van der Waals surface area contributed by atoms with E-state index in [9.17, 15) is 9.90 Å². The van der Waals surface area contributed by atoms with Gasteiger partial charge in [-0.15, -0.1) is 0 Å². The number of hydrogen-bond acceptors (Lipinski definition) is 3. The summed E-state index contributed by atoms with van der Waals surface area (Å²) in [5, 5.41) is 9.76. The number of carbonyl (C=O) groups excluding carboxylic acids is 1. The number of para-hydroxylation sites is 1. The van der Waals surface area contributed by atoms with Gasteiger partial charge in [0, 0.05) is 12.6 Å². The summed E-state index contributed by atoms with van der Waals surface area (Å²) >= 11 is 0. The van der Waals surface area contributed by atoms with Crippen LogP contribution in [0.4, 0.5) is 0 Å². The molecule has 0 aliphatic carbocycles. The van der Waals surface area contributed by atoms with E-state index >= 15 is 0 Å². The number of ether oxygens (including phenoxy) is 1. The van der Waals surface area contributed by atoms with E-state index in [-0.39, 0.29) is 30.4 Å². The standard InChI is InChI=1S/C14H21NO3/c1-10(2)18-9-14(17)15(4)11(3)12-7-5-6-8-13(12)16/h5-8,10-11,16H,9H2,1-4H3. The van der Waals surface area contributed by atoms with Gasteiger partial charge in [-0.25, -0.2) is 0 Å². The topological polar surface area (TPSA) is 49.8 Å². The molecule has 18 heavy (non-hydrogen) atoms. The summed E-state index contributed by atoms with van der Waals surface area (Å²) in [6.07, 6.45) is 0.0304.